The molecule has 2 rings (SSSR count). The Balaban J connectivity index is 2.06. The molecule has 0 saturated heterocycles. The molecule has 9 heteroatoms. The number of pyridine rings is 1. The van der Waals surface area contributed by atoms with Crippen molar-refractivity contribution >= 4 is 17.4 Å². The highest BCUT2D eigenvalue weighted by Crippen LogP contribution is 2.32. The van der Waals surface area contributed by atoms with Gasteiger partial charge in [0.15, 0.2) is 5.82 Å². The summed E-state index contributed by atoms with van der Waals surface area (Å²) < 4.78 is 42.4. The van der Waals surface area contributed by atoms with Gasteiger partial charge in [-0.2, -0.15) is 18.2 Å². The Morgan fingerprint density at radius 2 is 2.10 bits per heavy atom. The normalized spacial score (nSPS) is 12.0. The molecule has 2 heterocycles. The van der Waals surface area contributed by atoms with E-state index in [4.69, 9.17) is 16.1 Å². The van der Waals surface area contributed by atoms with E-state index in [2.05, 4.69) is 20.4 Å². The van der Waals surface area contributed by atoms with E-state index in [0.717, 1.165) is 6.07 Å². The van der Waals surface area contributed by atoms with E-state index in [1.54, 1.807) is 0 Å². The van der Waals surface area contributed by atoms with Gasteiger partial charge in [0.05, 0.1) is 17.1 Å². The monoisotopic (exact) mass is 320 g/mol. The second-order valence-electron chi connectivity index (χ2n) is 4.61. The van der Waals surface area contributed by atoms with Gasteiger partial charge in [0.25, 0.3) is 0 Å². The molecule has 0 amide bonds. The van der Waals surface area contributed by atoms with Crippen LogP contribution < -0.4 is 5.32 Å². The predicted molar refractivity (Wildman–Crippen MR) is 70.0 cm³/mol. The molecule has 114 valence electrons. The summed E-state index contributed by atoms with van der Waals surface area (Å²) in [5.41, 5.74) is -0.903. The third-order valence-electron chi connectivity index (χ3n) is 2.56. The first kappa shape index (κ1) is 15.6. The minimum Gasteiger partial charge on any atom is -0.361 e. The number of hydrogen-bond donors (Lipinski definition) is 1. The molecule has 21 heavy (non-hydrogen) atoms. The number of anilines is 1. The highest BCUT2D eigenvalue weighted by Gasteiger charge is 2.31. The van der Waals surface area contributed by atoms with Gasteiger partial charge in [0.2, 0.25) is 5.89 Å². The lowest BCUT2D eigenvalue weighted by Crippen LogP contribution is -2.08. The fraction of sp³-hybridized carbons (Fsp3) is 0.417. The Kier molecular flexibility index (Phi) is 4.36. The van der Waals surface area contributed by atoms with Crippen LogP contribution in [0.1, 0.15) is 37.0 Å². The summed E-state index contributed by atoms with van der Waals surface area (Å²) in [5.74, 6) is 1.08. The van der Waals surface area contributed by atoms with Gasteiger partial charge in [-0.05, 0) is 6.07 Å². The average molecular weight is 321 g/mol. The smallest absolute Gasteiger partial charge is 0.361 e. The van der Waals surface area contributed by atoms with Gasteiger partial charge in [-0.3, -0.25) is 0 Å². The van der Waals surface area contributed by atoms with E-state index in [-0.39, 0.29) is 23.3 Å². The van der Waals surface area contributed by atoms with Crippen molar-refractivity contribution in [3.63, 3.8) is 0 Å². The van der Waals surface area contributed by atoms with Crippen LogP contribution in [0.4, 0.5) is 19.0 Å². The van der Waals surface area contributed by atoms with Crippen LogP contribution in [-0.2, 0) is 12.7 Å². The van der Waals surface area contributed by atoms with Crippen LogP contribution in [0.5, 0.6) is 0 Å². The molecular weight excluding hydrogens is 309 g/mol. The molecule has 2 aromatic rings. The summed E-state index contributed by atoms with van der Waals surface area (Å²) >= 11 is 5.77. The van der Waals surface area contributed by atoms with Crippen molar-refractivity contribution in [2.75, 3.05) is 5.32 Å². The molecule has 0 aliphatic heterocycles. The molecule has 0 aliphatic rings. The van der Waals surface area contributed by atoms with Crippen LogP contribution >= 0.6 is 11.6 Å². The summed E-state index contributed by atoms with van der Waals surface area (Å²) in [6, 6.07) is 0.812. The topological polar surface area (TPSA) is 63.8 Å². The molecule has 0 bridgehead atoms. The molecule has 1 N–H and O–H groups in total. The maximum atomic E-state index is 12.5. The fourth-order valence-electron chi connectivity index (χ4n) is 1.46. The quantitative estimate of drug-likeness (QED) is 0.926. The van der Waals surface area contributed by atoms with Crippen molar-refractivity contribution in [1.29, 1.82) is 0 Å². The third-order valence-corrected chi connectivity index (χ3v) is 2.85. The zero-order valence-electron chi connectivity index (χ0n) is 11.2. The van der Waals surface area contributed by atoms with Gasteiger partial charge in [-0.15, -0.1) is 0 Å². The van der Waals surface area contributed by atoms with Crippen LogP contribution in [0, 0.1) is 0 Å². The minimum absolute atomic E-state index is 0.0963. The van der Waals surface area contributed by atoms with Crippen LogP contribution in [0.15, 0.2) is 16.8 Å². The number of alkyl halides is 3. The van der Waals surface area contributed by atoms with E-state index in [1.807, 2.05) is 13.8 Å². The number of nitrogens with one attached hydrogen (secondary N) is 1. The van der Waals surface area contributed by atoms with Crippen LogP contribution in [0.3, 0.4) is 0 Å². The molecule has 0 aromatic carbocycles. The standard InChI is InChI=1S/C12H12ClF3N4O/c1-6(2)11-19-9(20-21-11)5-18-10-8(13)3-7(4-17-10)12(14,15)16/h3-4,6H,5H2,1-2H3,(H,17,18). The zero-order chi connectivity index (χ0) is 15.6. The van der Waals surface area contributed by atoms with Crippen LogP contribution in [0.2, 0.25) is 5.02 Å². The zero-order valence-corrected chi connectivity index (χ0v) is 12.0. The van der Waals surface area contributed by atoms with Crippen molar-refractivity contribution in [1.82, 2.24) is 15.1 Å². The van der Waals surface area contributed by atoms with Crippen LogP contribution in [0.25, 0.3) is 0 Å². The summed E-state index contributed by atoms with van der Waals surface area (Å²) in [5, 5.41) is 6.38. The molecule has 0 spiro atoms. The van der Waals surface area contributed by atoms with Crippen molar-refractivity contribution in [3.05, 3.63) is 34.6 Å². The molecule has 0 saturated carbocycles. The molecule has 0 unspecified atom stereocenters. The molecule has 5 nitrogen and oxygen atoms in total. The Labute approximate surface area is 123 Å². The second-order valence-corrected chi connectivity index (χ2v) is 5.02. The maximum absolute atomic E-state index is 12.5. The summed E-state index contributed by atoms with van der Waals surface area (Å²) in [7, 11) is 0. The summed E-state index contributed by atoms with van der Waals surface area (Å²) in [6.45, 7) is 3.95. The van der Waals surface area contributed by atoms with E-state index in [1.165, 1.54) is 0 Å². The van der Waals surface area contributed by atoms with Gasteiger partial charge in [0, 0.05) is 12.1 Å². The first-order valence-electron chi connectivity index (χ1n) is 6.06. The van der Waals surface area contributed by atoms with Crippen molar-refractivity contribution in [2.45, 2.75) is 32.5 Å². The lowest BCUT2D eigenvalue weighted by atomic mass is 10.2. The number of aromatic nitrogens is 3. The Morgan fingerprint density at radius 1 is 1.38 bits per heavy atom. The van der Waals surface area contributed by atoms with Crippen LogP contribution in [-0.4, -0.2) is 15.1 Å². The van der Waals surface area contributed by atoms with Crippen molar-refractivity contribution < 1.29 is 17.7 Å². The SMILES string of the molecule is CC(C)c1nc(CNc2ncc(C(F)(F)F)cc2Cl)no1. The summed E-state index contributed by atoms with van der Waals surface area (Å²) in [4.78, 5) is 7.77. The molecule has 0 radical (unpaired) electrons. The van der Waals surface area contributed by atoms with E-state index in [0.29, 0.717) is 17.9 Å². The van der Waals surface area contributed by atoms with Gasteiger partial charge in [-0.25, -0.2) is 4.98 Å². The highest BCUT2D eigenvalue weighted by molar-refractivity contribution is 6.32. The predicted octanol–water partition coefficient (Wildman–Crippen LogP) is 3.87. The van der Waals surface area contributed by atoms with Gasteiger partial charge >= 0.3 is 6.18 Å². The van der Waals surface area contributed by atoms with E-state index >= 15 is 0 Å². The van der Waals surface area contributed by atoms with Crippen molar-refractivity contribution in [3.8, 4) is 0 Å². The third kappa shape index (κ3) is 3.84. The molecule has 0 atom stereocenters. The first-order valence-corrected chi connectivity index (χ1v) is 6.44. The largest absolute Gasteiger partial charge is 0.417 e. The molecule has 2 aromatic heterocycles. The minimum atomic E-state index is -4.48. The van der Waals surface area contributed by atoms with Crippen molar-refractivity contribution in [2.24, 2.45) is 0 Å². The lowest BCUT2D eigenvalue weighted by Gasteiger charge is -2.09. The van der Waals surface area contributed by atoms with E-state index < -0.39 is 11.7 Å². The molecule has 0 aliphatic carbocycles. The first-order chi connectivity index (χ1) is 9.77. The van der Waals surface area contributed by atoms with Gasteiger partial charge in [0.1, 0.15) is 5.82 Å². The average Bonchev–Trinajstić information content (AvgIpc) is 2.85. The molecule has 0 fully saturated rings. The Hall–Kier alpha value is -1.83. The Bertz CT molecular complexity index is 627. The highest BCUT2D eigenvalue weighted by atomic mass is 35.5. The number of rotatable bonds is 4. The lowest BCUT2D eigenvalue weighted by molar-refractivity contribution is -0.137. The Morgan fingerprint density at radius 3 is 2.62 bits per heavy atom. The van der Waals surface area contributed by atoms with Gasteiger partial charge < -0.3 is 9.84 Å². The number of halogens is 4. The molecular formula is C12H12ClF3N4O. The summed E-state index contributed by atoms with van der Waals surface area (Å²) in [6.07, 6.45) is -3.76. The van der Waals surface area contributed by atoms with E-state index in [9.17, 15) is 13.2 Å². The fourth-order valence-corrected chi connectivity index (χ4v) is 1.69. The second kappa shape index (κ2) is 5.88. The number of nitrogens with zero attached hydrogens (tertiary/aromatic N) is 3. The van der Waals surface area contributed by atoms with Gasteiger partial charge in [-0.1, -0.05) is 30.6 Å². The maximum Gasteiger partial charge on any atom is 0.417 e. The number of hydrogen-bond acceptors (Lipinski definition) is 5.